The van der Waals surface area contributed by atoms with Crippen LogP contribution in [-0.4, -0.2) is 42.2 Å². The van der Waals surface area contributed by atoms with Gasteiger partial charge in [-0.1, -0.05) is 0 Å². The van der Waals surface area contributed by atoms with Crippen LogP contribution in [0.25, 0.3) is 0 Å². The first-order valence-corrected chi connectivity index (χ1v) is 7.17. The van der Waals surface area contributed by atoms with E-state index in [2.05, 4.69) is 10.3 Å². The predicted molar refractivity (Wildman–Crippen MR) is 78.9 cm³/mol. The molecule has 1 aromatic rings. The van der Waals surface area contributed by atoms with Crippen molar-refractivity contribution in [3.8, 4) is 0 Å². The van der Waals surface area contributed by atoms with E-state index in [0.29, 0.717) is 11.7 Å². The van der Waals surface area contributed by atoms with Crippen LogP contribution in [0.4, 0.5) is 10.6 Å². The summed E-state index contributed by atoms with van der Waals surface area (Å²) in [5, 5.41) is 2.88. The number of nitrogens with zero attached hydrogens (tertiary/aromatic N) is 2. The van der Waals surface area contributed by atoms with E-state index in [-0.39, 0.29) is 6.03 Å². The summed E-state index contributed by atoms with van der Waals surface area (Å²) in [5.74, 6) is 1.08. The topological polar surface area (TPSA) is 54.5 Å². The molecular weight excluding hydrogens is 254 g/mol. The molecule has 0 aromatic carbocycles. The highest BCUT2D eigenvalue weighted by molar-refractivity contribution is 5.88. The number of urea groups is 1. The van der Waals surface area contributed by atoms with Crippen LogP contribution in [0, 0.1) is 19.8 Å². The van der Waals surface area contributed by atoms with Crippen LogP contribution in [-0.2, 0) is 4.74 Å². The molecule has 0 saturated carbocycles. The Hall–Kier alpha value is -1.62. The second-order valence-electron chi connectivity index (χ2n) is 5.36. The summed E-state index contributed by atoms with van der Waals surface area (Å²) in [6, 6.07) is 3.81. The number of carbonyl (C=O) groups is 1. The van der Waals surface area contributed by atoms with Crippen molar-refractivity contribution in [2.45, 2.75) is 27.2 Å². The van der Waals surface area contributed by atoms with Gasteiger partial charge in [0.25, 0.3) is 0 Å². The molecule has 2 heterocycles. The number of carbonyl (C=O) groups excluding carboxylic acids is 1. The van der Waals surface area contributed by atoms with Gasteiger partial charge in [0.2, 0.25) is 0 Å². The van der Waals surface area contributed by atoms with Crippen molar-refractivity contribution >= 4 is 11.8 Å². The highest BCUT2D eigenvalue weighted by Crippen LogP contribution is 2.18. The molecule has 20 heavy (non-hydrogen) atoms. The molecule has 1 N–H and O–H groups in total. The SMILES string of the molecule is CCOC[C@H]1CCN(C(=O)Nc2cc(C)cc(C)n2)C1. The minimum atomic E-state index is -0.0681. The zero-order chi connectivity index (χ0) is 14.5. The van der Waals surface area contributed by atoms with E-state index in [1.54, 1.807) is 0 Å². The Balaban J connectivity index is 1.89. The van der Waals surface area contributed by atoms with Crippen molar-refractivity contribution in [2.24, 2.45) is 5.92 Å². The maximum Gasteiger partial charge on any atom is 0.323 e. The van der Waals surface area contributed by atoms with Crippen molar-refractivity contribution in [3.63, 3.8) is 0 Å². The number of likely N-dealkylation sites (tertiary alicyclic amines) is 1. The van der Waals surface area contributed by atoms with Crippen LogP contribution in [0.1, 0.15) is 24.6 Å². The van der Waals surface area contributed by atoms with E-state index >= 15 is 0 Å². The van der Waals surface area contributed by atoms with Crippen LogP contribution in [0.15, 0.2) is 12.1 Å². The third kappa shape index (κ3) is 3.93. The first kappa shape index (κ1) is 14.8. The highest BCUT2D eigenvalue weighted by Gasteiger charge is 2.26. The number of amides is 2. The summed E-state index contributed by atoms with van der Waals surface area (Å²) in [6.45, 7) is 8.93. The van der Waals surface area contributed by atoms with Gasteiger partial charge in [0.05, 0.1) is 6.61 Å². The summed E-state index contributed by atoms with van der Waals surface area (Å²) in [4.78, 5) is 18.4. The first-order chi connectivity index (χ1) is 9.58. The number of aryl methyl sites for hydroxylation is 2. The highest BCUT2D eigenvalue weighted by atomic mass is 16.5. The van der Waals surface area contributed by atoms with Crippen molar-refractivity contribution in [2.75, 3.05) is 31.6 Å². The molecule has 2 rings (SSSR count). The van der Waals surface area contributed by atoms with Gasteiger partial charge in [0.1, 0.15) is 5.82 Å². The van der Waals surface area contributed by atoms with Gasteiger partial charge in [-0.2, -0.15) is 0 Å². The molecule has 1 aliphatic heterocycles. The molecule has 0 unspecified atom stereocenters. The van der Waals surface area contributed by atoms with Crippen LogP contribution in [0.2, 0.25) is 0 Å². The molecular formula is C15H23N3O2. The maximum atomic E-state index is 12.2. The molecule has 1 aromatic heterocycles. The minimum Gasteiger partial charge on any atom is -0.381 e. The molecule has 5 nitrogen and oxygen atoms in total. The van der Waals surface area contributed by atoms with E-state index < -0.39 is 0 Å². The van der Waals surface area contributed by atoms with E-state index in [1.807, 2.05) is 37.8 Å². The van der Waals surface area contributed by atoms with Gasteiger partial charge < -0.3 is 9.64 Å². The Labute approximate surface area is 120 Å². The van der Waals surface area contributed by atoms with Gasteiger partial charge in [-0.15, -0.1) is 0 Å². The monoisotopic (exact) mass is 277 g/mol. The second kappa shape index (κ2) is 6.70. The van der Waals surface area contributed by atoms with Gasteiger partial charge in [-0.25, -0.2) is 9.78 Å². The Kier molecular flexibility index (Phi) is 4.95. The molecule has 1 atom stereocenters. The molecule has 110 valence electrons. The molecule has 1 aliphatic rings. The summed E-state index contributed by atoms with van der Waals surface area (Å²) in [6.07, 6.45) is 1.01. The van der Waals surface area contributed by atoms with Gasteiger partial charge in [-0.3, -0.25) is 5.32 Å². The second-order valence-corrected chi connectivity index (χ2v) is 5.36. The lowest BCUT2D eigenvalue weighted by Gasteiger charge is -2.17. The Morgan fingerprint density at radius 3 is 3.00 bits per heavy atom. The fraction of sp³-hybridized carbons (Fsp3) is 0.600. The lowest BCUT2D eigenvalue weighted by atomic mass is 10.1. The number of nitrogens with one attached hydrogen (secondary N) is 1. The van der Waals surface area contributed by atoms with Crippen LogP contribution in [0.3, 0.4) is 0 Å². The third-order valence-corrected chi connectivity index (χ3v) is 3.46. The van der Waals surface area contributed by atoms with Crippen molar-refractivity contribution in [1.29, 1.82) is 0 Å². The molecule has 0 spiro atoms. The zero-order valence-corrected chi connectivity index (χ0v) is 12.5. The third-order valence-electron chi connectivity index (χ3n) is 3.46. The van der Waals surface area contributed by atoms with E-state index in [1.165, 1.54) is 0 Å². The summed E-state index contributed by atoms with van der Waals surface area (Å²) in [5.41, 5.74) is 2.01. The number of anilines is 1. The largest absolute Gasteiger partial charge is 0.381 e. The quantitative estimate of drug-likeness (QED) is 0.920. The Morgan fingerprint density at radius 2 is 2.30 bits per heavy atom. The van der Waals surface area contributed by atoms with Crippen molar-refractivity contribution < 1.29 is 9.53 Å². The number of ether oxygens (including phenoxy) is 1. The van der Waals surface area contributed by atoms with Crippen LogP contribution >= 0.6 is 0 Å². The summed E-state index contributed by atoms with van der Waals surface area (Å²) in [7, 11) is 0. The van der Waals surface area contributed by atoms with Gasteiger partial charge >= 0.3 is 6.03 Å². The van der Waals surface area contributed by atoms with Gasteiger partial charge in [0, 0.05) is 31.3 Å². The normalized spacial score (nSPS) is 18.4. The fourth-order valence-electron chi connectivity index (χ4n) is 2.53. The van der Waals surface area contributed by atoms with Gasteiger partial charge in [0.15, 0.2) is 0 Å². The molecule has 1 saturated heterocycles. The molecule has 0 aliphatic carbocycles. The number of rotatable bonds is 4. The predicted octanol–water partition coefficient (Wildman–Crippen LogP) is 2.59. The summed E-state index contributed by atoms with van der Waals surface area (Å²) >= 11 is 0. The van der Waals surface area contributed by atoms with E-state index in [4.69, 9.17) is 4.74 Å². The maximum absolute atomic E-state index is 12.2. The molecule has 2 amide bonds. The average Bonchev–Trinajstić information content (AvgIpc) is 2.83. The summed E-state index contributed by atoms with van der Waals surface area (Å²) < 4.78 is 5.42. The smallest absolute Gasteiger partial charge is 0.323 e. The number of pyridine rings is 1. The fourth-order valence-corrected chi connectivity index (χ4v) is 2.53. The Morgan fingerprint density at radius 1 is 1.50 bits per heavy atom. The van der Waals surface area contributed by atoms with E-state index in [0.717, 1.165) is 44.0 Å². The van der Waals surface area contributed by atoms with E-state index in [9.17, 15) is 4.79 Å². The molecule has 0 bridgehead atoms. The van der Waals surface area contributed by atoms with Crippen LogP contribution in [0.5, 0.6) is 0 Å². The minimum absolute atomic E-state index is 0.0681. The average molecular weight is 277 g/mol. The van der Waals surface area contributed by atoms with Crippen molar-refractivity contribution in [1.82, 2.24) is 9.88 Å². The standard InChI is InChI=1S/C15H23N3O2/c1-4-20-10-13-5-6-18(9-13)15(19)17-14-8-11(2)7-12(3)16-14/h7-8,13H,4-6,9-10H2,1-3H3,(H,16,17,19)/t13-/m0/s1. The molecule has 1 fully saturated rings. The molecule has 5 heteroatoms. The first-order valence-electron chi connectivity index (χ1n) is 7.17. The van der Waals surface area contributed by atoms with Gasteiger partial charge in [-0.05, 0) is 44.9 Å². The lowest BCUT2D eigenvalue weighted by molar-refractivity contribution is 0.113. The Bertz CT molecular complexity index is 456. The number of hydrogen-bond acceptors (Lipinski definition) is 3. The number of hydrogen-bond donors (Lipinski definition) is 1. The number of aromatic nitrogens is 1. The molecule has 0 radical (unpaired) electrons. The lowest BCUT2D eigenvalue weighted by Crippen LogP contribution is -2.33. The zero-order valence-electron chi connectivity index (χ0n) is 12.5. The van der Waals surface area contributed by atoms with Crippen molar-refractivity contribution in [3.05, 3.63) is 23.4 Å². The van der Waals surface area contributed by atoms with Crippen LogP contribution < -0.4 is 5.32 Å².